The summed E-state index contributed by atoms with van der Waals surface area (Å²) in [6.07, 6.45) is -0.376. The number of esters is 1. The molecular formula is C23H32N4O8. The van der Waals surface area contributed by atoms with Crippen molar-refractivity contribution in [1.29, 1.82) is 0 Å². The molecule has 1 aromatic rings. The lowest BCUT2D eigenvalue weighted by atomic mass is 9.90. The Labute approximate surface area is 204 Å². The molecule has 0 aromatic heterocycles. The van der Waals surface area contributed by atoms with Gasteiger partial charge >= 0.3 is 12.1 Å². The smallest absolute Gasteiger partial charge is 0.409 e. The Morgan fingerprint density at radius 2 is 1.57 bits per heavy atom. The normalized spacial score (nSPS) is 19.9. The van der Waals surface area contributed by atoms with E-state index in [9.17, 15) is 14.4 Å². The van der Waals surface area contributed by atoms with E-state index in [0.29, 0.717) is 61.6 Å². The molecule has 0 radical (unpaired) electrons. The molecule has 2 aliphatic rings. The maximum absolute atomic E-state index is 13.1. The Bertz CT molecular complexity index is 949. The van der Waals surface area contributed by atoms with Crippen LogP contribution in [0.2, 0.25) is 0 Å². The highest BCUT2D eigenvalue weighted by Crippen LogP contribution is 2.42. The number of guanidine groups is 1. The van der Waals surface area contributed by atoms with Crippen molar-refractivity contribution in [2.75, 3.05) is 60.7 Å². The van der Waals surface area contributed by atoms with E-state index in [1.54, 1.807) is 30.9 Å². The van der Waals surface area contributed by atoms with E-state index in [4.69, 9.17) is 28.7 Å². The Balaban J connectivity index is 1.97. The monoisotopic (exact) mass is 492 g/mol. The summed E-state index contributed by atoms with van der Waals surface area (Å²) in [5, 5.41) is 2.74. The Morgan fingerprint density at radius 3 is 2.09 bits per heavy atom. The van der Waals surface area contributed by atoms with E-state index in [1.807, 2.05) is 4.90 Å². The van der Waals surface area contributed by atoms with E-state index in [1.165, 1.54) is 21.3 Å². The number of ether oxygens (including phenoxy) is 5. The zero-order chi connectivity index (χ0) is 25.5. The molecule has 1 N–H and O–H groups in total. The van der Waals surface area contributed by atoms with Crippen LogP contribution in [0.25, 0.3) is 0 Å². The number of hydrogen-bond donors (Lipinski definition) is 1. The molecule has 35 heavy (non-hydrogen) atoms. The van der Waals surface area contributed by atoms with Gasteiger partial charge in [-0.25, -0.2) is 9.79 Å². The van der Waals surface area contributed by atoms with Gasteiger partial charge < -0.3 is 33.5 Å². The number of benzene rings is 1. The average Bonchev–Trinajstić information content (AvgIpc) is 2.87. The largest absolute Gasteiger partial charge is 0.493 e. The molecule has 192 valence electrons. The van der Waals surface area contributed by atoms with Gasteiger partial charge in [0.1, 0.15) is 6.04 Å². The van der Waals surface area contributed by atoms with Crippen LogP contribution in [0.4, 0.5) is 4.79 Å². The maximum Gasteiger partial charge on any atom is 0.409 e. The molecule has 1 fully saturated rings. The molecule has 0 bridgehead atoms. The fraction of sp³-hybridized carbons (Fsp3) is 0.565. The Kier molecular flexibility index (Phi) is 8.61. The van der Waals surface area contributed by atoms with Gasteiger partial charge in [-0.2, -0.15) is 0 Å². The van der Waals surface area contributed by atoms with Crippen LogP contribution >= 0.6 is 0 Å². The molecule has 2 aliphatic heterocycles. The van der Waals surface area contributed by atoms with Gasteiger partial charge in [0.25, 0.3) is 0 Å². The third kappa shape index (κ3) is 5.52. The minimum Gasteiger partial charge on any atom is -0.493 e. The lowest BCUT2D eigenvalue weighted by Crippen LogP contribution is -2.58. The number of nitrogens with one attached hydrogen (secondary N) is 1. The first kappa shape index (κ1) is 25.9. The summed E-state index contributed by atoms with van der Waals surface area (Å²) in [6.45, 7) is 5.53. The van der Waals surface area contributed by atoms with Crippen molar-refractivity contribution in [3.63, 3.8) is 0 Å². The molecule has 3 rings (SSSR count). The molecule has 2 atom stereocenters. The highest BCUT2D eigenvalue weighted by atomic mass is 16.6. The molecule has 1 aromatic carbocycles. The van der Waals surface area contributed by atoms with Crippen molar-refractivity contribution in [2.24, 2.45) is 10.9 Å². The molecular weight excluding hydrogens is 460 g/mol. The number of nitrogens with zero attached hydrogens (tertiary/aromatic N) is 3. The molecule has 12 heteroatoms. The second-order valence-corrected chi connectivity index (χ2v) is 7.75. The second-order valence-electron chi connectivity index (χ2n) is 7.75. The summed E-state index contributed by atoms with van der Waals surface area (Å²) in [5.41, 5.74) is 0.523. The SMILES string of the molecule is CCOC(=O)C1C(=O)NC(N2CCN(C(=O)OCC)CC2)=NC1c1cc(OC)c(OC)c(OC)c1. The number of methoxy groups -OCH3 is 3. The van der Waals surface area contributed by atoms with E-state index >= 15 is 0 Å². The molecule has 0 spiro atoms. The van der Waals surface area contributed by atoms with Gasteiger partial charge in [0.2, 0.25) is 17.6 Å². The number of hydrogen-bond acceptors (Lipinski definition) is 10. The Hall–Kier alpha value is -3.70. The van der Waals surface area contributed by atoms with Gasteiger partial charge in [0.15, 0.2) is 17.4 Å². The molecule has 2 heterocycles. The van der Waals surface area contributed by atoms with Crippen molar-refractivity contribution in [3.05, 3.63) is 17.7 Å². The van der Waals surface area contributed by atoms with Crippen molar-refractivity contribution in [2.45, 2.75) is 19.9 Å². The van der Waals surface area contributed by atoms with Gasteiger partial charge in [-0.15, -0.1) is 0 Å². The van der Waals surface area contributed by atoms with Crippen LogP contribution in [0.5, 0.6) is 17.2 Å². The molecule has 12 nitrogen and oxygen atoms in total. The zero-order valence-corrected chi connectivity index (χ0v) is 20.7. The summed E-state index contributed by atoms with van der Waals surface area (Å²) in [4.78, 5) is 46.2. The van der Waals surface area contributed by atoms with Crippen LogP contribution in [0.1, 0.15) is 25.5 Å². The standard InChI is InChI=1S/C23H32N4O8/c1-6-34-21(29)17-18(14-12-15(31-3)19(33-5)16(13-14)32-4)24-22(25-20(17)28)26-8-10-27(11-9-26)23(30)35-7-2/h12-13,17-18H,6-11H2,1-5H3,(H,24,25,28). The zero-order valence-electron chi connectivity index (χ0n) is 20.7. The van der Waals surface area contributed by atoms with Gasteiger partial charge in [0.05, 0.1) is 34.5 Å². The van der Waals surface area contributed by atoms with Gasteiger partial charge in [-0.3, -0.25) is 14.9 Å². The first-order valence-electron chi connectivity index (χ1n) is 11.4. The van der Waals surface area contributed by atoms with E-state index in [0.717, 1.165) is 0 Å². The lowest BCUT2D eigenvalue weighted by Gasteiger charge is -2.38. The average molecular weight is 493 g/mol. The van der Waals surface area contributed by atoms with Crippen LogP contribution in [-0.2, 0) is 19.1 Å². The third-order valence-electron chi connectivity index (χ3n) is 5.77. The Morgan fingerprint density at radius 1 is 0.971 bits per heavy atom. The van der Waals surface area contributed by atoms with Crippen molar-refractivity contribution >= 4 is 23.9 Å². The number of rotatable bonds is 7. The minimum absolute atomic E-state index is 0.122. The van der Waals surface area contributed by atoms with Crippen LogP contribution in [-0.4, -0.2) is 94.5 Å². The predicted molar refractivity (Wildman–Crippen MR) is 125 cm³/mol. The van der Waals surface area contributed by atoms with Crippen LogP contribution < -0.4 is 19.5 Å². The minimum atomic E-state index is -1.21. The fourth-order valence-corrected chi connectivity index (χ4v) is 4.05. The highest BCUT2D eigenvalue weighted by molar-refractivity contribution is 6.08. The highest BCUT2D eigenvalue weighted by Gasteiger charge is 2.43. The van der Waals surface area contributed by atoms with Crippen LogP contribution in [0.15, 0.2) is 17.1 Å². The van der Waals surface area contributed by atoms with E-state index < -0.39 is 23.8 Å². The quantitative estimate of drug-likeness (QED) is 0.441. The number of piperazine rings is 1. The number of aliphatic imine (C=N–C) groups is 1. The van der Waals surface area contributed by atoms with E-state index in [-0.39, 0.29) is 12.7 Å². The summed E-state index contributed by atoms with van der Waals surface area (Å²) >= 11 is 0. The molecule has 1 saturated heterocycles. The molecule has 2 amide bonds. The molecule has 2 unspecified atom stereocenters. The summed E-state index contributed by atoms with van der Waals surface area (Å²) in [6, 6.07) is 2.43. The molecule has 0 aliphatic carbocycles. The van der Waals surface area contributed by atoms with Crippen molar-refractivity contribution in [3.8, 4) is 17.2 Å². The summed E-state index contributed by atoms with van der Waals surface area (Å²) in [7, 11) is 4.45. The third-order valence-corrected chi connectivity index (χ3v) is 5.77. The second kappa shape index (κ2) is 11.6. The lowest BCUT2D eigenvalue weighted by molar-refractivity contribution is -0.153. The maximum atomic E-state index is 13.1. The predicted octanol–water partition coefficient (Wildman–Crippen LogP) is 1.19. The van der Waals surface area contributed by atoms with Gasteiger partial charge in [-0.1, -0.05) is 0 Å². The van der Waals surface area contributed by atoms with Crippen molar-refractivity contribution in [1.82, 2.24) is 15.1 Å². The first-order valence-corrected chi connectivity index (χ1v) is 11.4. The number of carbonyl (C=O) groups excluding carboxylic acids is 3. The summed E-state index contributed by atoms with van der Waals surface area (Å²) in [5.74, 6) is -0.977. The van der Waals surface area contributed by atoms with Gasteiger partial charge in [-0.05, 0) is 31.5 Å². The van der Waals surface area contributed by atoms with Crippen LogP contribution in [0.3, 0.4) is 0 Å². The number of amides is 2. The number of carbonyl (C=O) groups is 3. The fourth-order valence-electron chi connectivity index (χ4n) is 4.05. The van der Waals surface area contributed by atoms with Gasteiger partial charge in [0, 0.05) is 26.2 Å². The van der Waals surface area contributed by atoms with Crippen molar-refractivity contribution < 1.29 is 38.1 Å². The van der Waals surface area contributed by atoms with Crippen LogP contribution in [0, 0.1) is 5.92 Å². The summed E-state index contributed by atoms with van der Waals surface area (Å²) < 4.78 is 26.5. The topological polar surface area (TPSA) is 128 Å². The van der Waals surface area contributed by atoms with E-state index in [2.05, 4.69) is 5.32 Å². The molecule has 0 saturated carbocycles. The first-order chi connectivity index (χ1) is 16.9.